The Morgan fingerprint density at radius 2 is 2.00 bits per heavy atom. The second kappa shape index (κ2) is 6.41. The average molecular weight is 284 g/mol. The number of carbonyl (C=O) groups excluding carboxylic acids is 1. The molecule has 0 radical (unpaired) electrons. The van der Waals surface area contributed by atoms with E-state index in [0.717, 1.165) is 25.3 Å². The highest BCUT2D eigenvalue weighted by Gasteiger charge is 2.50. The number of nitrogens with two attached hydrogens (primary N) is 1. The van der Waals surface area contributed by atoms with Crippen LogP contribution in [-0.2, 0) is 14.3 Å². The van der Waals surface area contributed by atoms with Gasteiger partial charge in [0, 0.05) is 26.2 Å². The number of esters is 1. The van der Waals surface area contributed by atoms with Crippen molar-refractivity contribution >= 4 is 5.97 Å². The van der Waals surface area contributed by atoms with Crippen LogP contribution in [0.5, 0.6) is 0 Å². The number of nitrogens with zero attached hydrogens (tertiary/aromatic N) is 1. The summed E-state index contributed by atoms with van der Waals surface area (Å²) < 4.78 is 10.2. The molecule has 2 atom stereocenters. The molecule has 2 aliphatic rings. The highest BCUT2D eigenvalue weighted by Crippen LogP contribution is 2.41. The first-order valence-corrected chi connectivity index (χ1v) is 7.63. The highest BCUT2D eigenvalue weighted by atomic mass is 16.5. The van der Waals surface area contributed by atoms with Gasteiger partial charge in [0.2, 0.25) is 0 Å². The third-order valence-corrected chi connectivity index (χ3v) is 4.80. The largest absolute Gasteiger partial charge is 0.468 e. The van der Waals surface area contributed by atoms with Crippen LogP contribution in [0.4, 0.5) is 0 Å². The maximum atomic E-state index is 12.1. The molecule has 20 heavy (non-hydrogen) atoms. The molecule has 0 spiro atoms. The van der Waals surface area contributed by atoms with Crippen LogP contribution < -0.4 is 5.73 Å². The normalized spacial score (nSPS) is 23.4. The summed E-state index contributed by atoms with van der Waals surface area (Å²) in [7, 11) is 3.13. The minimum Gasteiger partial charge on any atom is -0.468 e. The summed E-state index contributed by atoms with van der Waals surface area (Å²) in [5.41, 5.74) is 5.58. The topological polar surface area (TPSA) is 64.8 Å². The summed E-state index contributed by atoms with van der Waals surface area (Å²) in [6.45, 7) is 4.29. The molecule has 0 aromatic carbocycles. The lowest BCUT2D eigenvalue weighted by Crippen LogP contribution is -2.60. The molecule has 0 amide bonds. The van der Waals surface area contributed by atoms with Crippen LogP contribution in [-0.4, -0.2) is 56.4 Å². The van der Waals surface area contributed by atoms with Gasteiger partial charge >= 0.3 is 5.97 Å². The van der Waals surface area contributed by atoms with E-state index in [1.807, 2.05) is 0 Å². The zero-order valence-electron chi connectivity index (χ0n) is 12.9. The molecule has 5 heteroatoms. The van der Waals surface area contributed by atoms with E-state index < -0.39 is 5.54 Å². The van der Waals surface area contributed by atoms with E-state index in [-0.39, 0.29) is 11.9 Å². The zero-order chi connectivity index (χ0) is 14.8. The Bertz CT molecular complexity index is 342. The van der Waals surface area contributed by atoms with Crippen molar-refractivity contribution in [2.75, 3.05) is 33.9 Å². The first kappa shape index (κ1) is 15.7. The van der Waals surface area contributed by atoms with Gasteiger partial charge in [-0.3, -0.25) is 9.69 Å². The molecule has 2 fully saturated rings. The van der Waals surface area contributed by atoms with Crippen LogP contribution in [0.25, 0.3) is 0 Å². The van der Waals surface area contributed by atoms with Gasteiger partial charge in [0.1, 0.15) is 5.54 Å². The van der Waals surface area contributed by atoms with Crippen LogP contribution in [0.15, 0.2) is 0 Å². The van der Waals surface area contributed by atoms with E-state index in [4.69, 9.17) is 15.2 Å². The molecule has 2 N–H and O–H groups in total. The van der Waals surface area contributed by atoms with Crippen molar-refractivity contribution in [1.82, 2.24) is 4.90 Å². The number of rotatable bonds is 9. The molecule has 116 valence electrons. The summed E-state index contributed by atoms with van der Waals surface area (Å²) in [4.78, 5) is 14.4. The molecule has 2 aliphatic carbocycles. The minimum absolute atomic E-state index is 0.270. The average Bonchev–Trinajstić information content (AvgIpc) is 3.32. The fourth-order valence-electron chi connectivity index (χ4n) is 3.00. The molecule has 0 heterocycles. The van der Waals surface area contributed by atoms with Crippen molar-refractivity contribution in [3.05, 3.63) is 0 Å². The van der Waals surface area contributed by atoms with Gasteiger partial charge in [-0.2, -0.15) is 0 Å². The van der Waals surface area contributed by atoms with Gasteiger partial charge in [-0.05, 0) is 44.4 Å². The van der Waals surface area contributed by atoms with E-state index in [2.05, 4.69) is 11.8 Å². The highest BCUT2D eigenvalue weighted by molar-refractivity contribution is 5.81. The Morgan fingerprint density at radius 1 is 1.35 bits per heavy atom. The SMILES string of the molecule is COCCN(CC(N)(C(=O)OC)C1CC1)C(C)C1CC1. The molecule has 0 aliphatic heterocycles. The van der Waals surface area contributed by atoms with Gasteiger partial charge in [-0.15, -0.1) is 0 Å². The number of methoxy groups -OCH3 is 2. The Hall–Kier alpha value is -0.650. The fraction of sp³-hybridized carbons (Fsp3) is 0.933. The number of hydrogen-bond acceptors (Lipinski definition) is 5. The Kier molecular flexibility index (Phi) is 5.04. The Labute approximate surface area is 121 Å². The fourth-order valence-corrected chi connectivity index (χ4v) is 3.00. The lowest BCUT2D eigenvalue weighted by Gasteiger charge is -2.37. The molecule has 2 unspecified atom stereocenters. The van der Waals surface area contributed by atoms with Crippen LogP contribution in [0.1, 0.15) is 32.6 Å². The molecule has 0 aromatic heterocycles. The van der Waals surface area contributed by atoms with Gasteiger partial charge in [-0.1, -0.05) is 0 Å². The smallest absolute Gasteiger partial charge is 0.327 e. The molecule has 2 saturated carbocycles. The van der Waals surface area contributed by atoms with Crippen LogP contribution >= 0.6 is 0 Å². The van der Waals surface area contributed by atoms with Crippen molar-refractivity contribution in [1.29, 1.82) is 0 Å². The number of hydrogen-bond donors (Lipinski definition) is 1. The van der Waals surface area contributed by atoms with Crippen molar-refractivity contribution < 1.29 is 14.3 Å². The van der Waals surface area contributed by atoms with Crippen molar-refractivity contribution in [2.45, 2.75) is 44.2 Å². The first-order valence-electron chi connectivity index (χ1n) is 7.63. The summed E-state index contributed by atoms with van der Waals surface area (Å²) >= 11 is 0. The lowest BCUT2D eigenvalue weighted by molar-refractivity contribution is -0.149. The van der Waals surface area contributed by atoms with E-state index in [1.54, 1.807) is 7.11 Å². The van der Waals surface area contributed by atoms with Crippen LogP contribution in [0.3, 0.4) is 0 Å². The summed E-state index contributed by atoms with van der Waals surface area (Å²) in [6, 6.07) is 0.455. The number of carbonyl (C=O) groups is 1. The van der Waals surface area contributed by atoms with Crippen molar-refractivity contribution in [2.24, 2.45) is 17.6 Å². The minimum atomic E-state index is -0.856. The summed E-state index contributed by atoms with van der Waals surface area (Å²) in [6.07, 6.45) is 4.62. The summed E-state index contributed by atoms with van der Waals surface area (Å²) in [5, 5.41) is 0. The predicted molar refractivity (Wildman–Crippen MR) is 77.3 cm³/mol. The molecular weight excluding hydrogens is 256 g/mol. The maximum absolute atomic E-state index is 12.1. The van der Waals surface area contributed by atoms with Gasteiger partial charge < -0.3 is 15.2 Å². The van der Waals surface area contributed by atoms with Crippen LogP contribution in [0.2, 0.25) is 0 Å². The third kappa shape index (κ3) is 3.51. The molecular formula is C15H28N2O3. The molecule has 5 nitrogen and oxygen atoms in total. The second-order valence-electron chi connectivity index (χ2n) is 6.35. The maximum Gasteiger partial charge on any atom is 0.327 e. The Morgan fingerprint density at radius 3 is 2.45 bits per heavy atom. The molecule has 0 saturated heterocycles. The standard InChI is InChI=1S/C15H28N2O3/c1-11(12-4-5-12)17(8-9-19-2)10-15(16,13-6-7-13)14(18)20-3/h11-13H,4-10,16H2,1-3H3. The monoisotopic (exact) mass is 284 g/mol. The van der Waals surface area contributed by atoms with Gasteiger partial charge in [-0.25, -0.2) is 0 Å². The predicted octanol–water partition coefficient (Wildman–Crippen LogP) is 1.01. The second-order valence-corrected chi connectivity index (χ2v) is 6.35. The van der Waals surface area contributed by atoms with E-state index >= 15 is 0 Å². The van der Waals surface area contributed by atoms with E-state index in [0.29, 0.717) is 19.2 Å². The van der Waals surface area contributed by atoms with Gasteiger partial charge in [0.15, 0.2) is 0 Å². The first-order chi connectivity index (χ1) is 9.52. The lowest BCUT2D eigenvalue weighted by atomic mass is 9.92. The molecule has 0 bridgehead atoms. The zero-order valence-corrected chi connectivity index (χ0v) is 12.9. The van der Waals surface area contributed by atoms with E-state index in [1.165, 1.54) is 20.0 Å². The van der Waals surface area contributed by atoms with Gasteiger partial charge in [0.05, 0.1) is 13.7 Å². The quantitative estimate of drug-likeness (QED) is 0.640. The third-order valence-electron chi connectivity index (χ3n) is 4.80. The molecule has 2 rings (SSSR count). The van der Waals surface area contributed by atoms with Gasteiger partial charge in [0.25, 0.3) is 0 Å². The van der Waals surface area contributed by atoms with Crippen molar-refractivity contribution in [3.8, 4) is 0 Å². The molecule has 0 aromatic rings. The Balaban J connectivity index is 2.04. The van der Waals surface area contributed by atoms with E-state index in [9.17, 15) is 4.79 Å². The van der Waals surface area contributed by atoms with Crippen molar-refractivity contribution in [3.63, 3.8) is 0 Å². The summed E-state index contributed by atoms with van der Waals surface area (Å²) in [5.74, 6) is 0.741. The number of ether oxygens (including phenoxy) is 2. The van der Waals surface area contributed by atoms with Crippen LogP contribution in [0, 0.1) is 11.8 Å².